The summed E-state index contributed by atoms with van der Waals surface area (Å²) < 4.78 is 19.4. The molecule has 2 aromatic carbocycles. The van der Waals surface area contributed by atoms with Crippen LogP contribution in [0.5, 0.6) is 5.75 Å². The molecule has 2 aromatic rings. The van der Waals surface area contributed by atoms with Gasteiger partial charge in [0.05, 0.1) is 4.47 Å². The first-order valence-electron chi connectivity index (χ1n) is 6.58. The molecule has 0 aliphatic carbocycles. The molecule has 6 heteroatoms. The Morgan fingerprint density at radius 3 is 2.74 bits per heavy atom. The van der Waals surface area contributed by atoms with Crippen LogP contribution in [0.3, 0.4) is 0 Å². The quantitative estimate of drug-likeness (QED) is 0.641. The fourth-order valence-corrected chi connectivity index (χ4v) is 2.35. The fourth-order valence-electron chi connectivity index (χ4n) is 1.84. The Morgan fingerprint density at radius 1 is 1.35 bits per heavy atom. The van der Waals surface area contributed by atoms with Crippen molar-refractivity contribution in [2.75, 3.05) is 0 Å². The molecule has 0 radical (unpaired) electrons. The molecular formula is C17H12BrFN2O2. The number of amides is 1. The summed E-state index contributed by atoms with van der Waals surface area (Å²) >= 11 is 3.36. The van der Waals surface area contributed by atoms with E-state index in [9.17, 15) is 9.18 Å². The van der Waals surface area contributed by atoms with E-state index in [0.717, 1.165) is 0 Å². The van der Waals surface area contributed by atoms with Crippen LogP contribution in [0.15, 0.2) is 52.5 Å². The highest BCUT2D eigenvalue weighted by atomic mass is 79.9. The Kier molecular flexibility index (Phi) is 5.50. The summed E-state index contributed by atoms with van der Waals surface area (Å²) in [5.41, 5.74) is 6.30. The Morgan fingerprint density at radius 2 is 2.13 bits per heavy atom. The lowest BCUT2D eigenvalue weighted by atomic mass is 10.1. The number of nitrogens with two attached hydrogens (primary N) is 1. The van der Waals surface area contributed by atoms with Crippen molar-refractivity contribution < 1.29 is 13.9 Å². The number of benzene rings is 2. The summed E-state index contributed by atoms with van der Waals surface area (Å²) in [6, 6.07) is 13.0. The summed E-state index contributed by atoms with van der Waals surface area (Å²) in [6.45, 7) is 0.219. The van der Waals surface area contributed by atoms with Gasteiger partial charge in [-0.25, -0.2) is 4.39 Å². The molecule has 116 valence electrons. The molecule has 0 fully saturated rings. The van der Waals surface area contributed by atoms with E-state index in [0.29, 0.717) is 21.3 Å². The number of carbonyl (C=O) groups is 1. The zero-order valence-corrected chi connectivity index (χ0v) is 13.5. The van der Waals surface area contributed by atoms with Crippen LogP contribution in [-0.2, 0) is 11.4 Å². The van der Waals surface area contributed by atoms with Gasteiger partial charge in [0.25, 0.3) is 5.91 Å². The standard InChI is InChI=1S/C17H12BrFN2O2/c18-15-8-11(6-13(9-20)17(21)22)4-5-16(15)23-10-12-2-1-3-14(19)7-12/h1-8H,10H2,(H2,21,22)/b13-6+. The zero-order chi connectivity index (χ0) is 16.8. The molecular weight excluding hydrogens is 363 g/mol. The largest absolute Gasteiger partial charge is 0.488 e. The summed E-state index contributed by atoms with van der Waals surface area (Å²) in [7, 11) is 0. The molecule has 0 aliphatic heterocycles. The Labute approximate surface area is 141 Å². The molecule has 0 saturated heterocycles. The van der Waals surface area contributed by atoms with Crippen molar-refractivity contribution in [1.82, 2.24) is 0 Å². The average Bonchev–Trinajstić information content (AvgIpc) is 2.51. The van der Waals surface area contributed by atoms with E-state index in [1.807, 2.05) is 0 Å². The van der Waals surface area contributed by atoms with Gasteiger partial charge in [-0.2, -0.15) is 5.26 Å². The van der Waals surface area contributed by atoms with Crippen LogP contribution >= 0.6 is 15.9 Å². The maximum absolute atomic E-state index is 13.1. The molecule has 2 N–H and O–H groups in total. The van der Waals surface area contributed by atoms with Crippen LogP contribution in [0.2, 0.25) is 0 Å². The van der Waals surface area contributed by atoms with Gasteiger partial charge in [-0.1, -0.05) is 18.2 Å². The first-order valence-corrected chi connectivity index (χ1v) is 7.37. The summed E-state index contributed by atoms with van der Waals surface area (Å²) in [4.78, 5) is 11.0. The highest BCUT2D eigenvalue weighted by molar-refractivity contribution is 9.10. The van der Waals surface area contributed by atoms with Crippen molar-refractivity contribution in [3.05, 3.63) is 69.5 Å². The lowest BCUT2D eigenvalue weighted by molar-refractivity contribution is -0.114. The lowest BCUT2D eigenvalue weighted by Crippen LogP contribution is -2.12. The number of nitrogens with zero attached hydrogens (tertiary/aromatic N) is 1. The minimum atomic E-state index is -0.782. The first kappa shape index (κ1) is 16.7. The van der Waals surface area contributed by atoms with Crippen LogP contribution in [0.4, 0.5) is 4.39 Å². The van der Waals surface area contributed by atoms with E-state index in [2.05, 4.69) is 15.9 Å². The Hall–Kier alpha value is -2.65. The molecule has 1 amide bonds. The maximum atomic E-state index is 13.1. The lowest BCUT2D eigenvalue weighted by Gasteiger charge is -2.09. The van der Waals surface area contributed by atoms with E-state index in [1.165, 1.54) is 18.2 Å². The van der Waals surface area contributed by atoms with Crippen LogP contribution < -0.4 is 10.5 Å². The van der Waals surface area contributed by atoms with Crippen LogP contribution in [0.1, 0.15) is 11.1 Å². The van der Waals surface area contributed by atoms with Crippen molar-refractivity contribution in [3.8, 4) is 11.8 Å². The third kappa shape index (κ3) is 4.66. The molecule has 0 spiro atoms. The van der Waals surface area contributed by atoms with Gasteiger partial charge in [0.1, 0.15) is 29.8 Å². The maximum Gasteiger partial charge on any atom is 0.259 e. The third-order valence-corrected chi connectivity index (χ3v) is 3.56. The smallest absolute Gasteiger partial charge is 0.259 e. The highest BCUT2D eigenvalue weighted by Gasteiger charge is 2.06. The van der Waals surface area contributed by atoms with Gasteiger partial charge >= 0.3 is 0 Å². The SMILES string of the molecule is N#C/C(=C\c1ccc(OCc2cccc(F)c2)c(Br)c1)C(N)=O. The molecule has 0 unspecified atom stereocenters. The molecule has 0 aromatic heterocycles. The van der Waals surface area contributed by atoms with E-state index >= 15 is 0 Å². The van der Waals surface area contributed by atoms with E-state index in [4.69, 9.17) is 15.7 Å². The monoisotopic (exact) mass is 374 g/mol. The molecule has 4 nitrogen and oxygen atoms in total. The summed E-state index contributed by atoms with van der Waals surface area (Å²) in [6.07, 6.45) is 1.39. The van der Waals surface area contributed by atoms with Crippen molar-refractivity contribution in [1.29, 1.82) is 5.26 Å². The number of nitriles is 1. The third-order valence-electron chi connectivity index (χ3n) is 2.94. The second-order valence-corrected chi connectivity index (χ2v) is 5.50. The van der Waals surface area contributed by atoms with E-state index in [-0.39, 0.29) is 18.0 Å². The van der Waals surface area contributed by atoms with Gasteiger partial charge in [0, 0.05) is 0 Å². The van der Waals surface area contributed by atoms with Gasteiger partial charge in [-0.3, -0.25) is 4.79 Å². The predicted octanol–water partition coefficient (Wildman–Crippen LogP) is 3.56. The minimum absolute atomic E-state index is 0.134. The van der Waals surface area contributed by atoms with Crippen molar-refractivity contribution in [3.63, 3.8) is 0 Å². The molecule has 0 aliphatic rings. The number of hydrogen-bond acceptors (Lipinski definition) is 3. The van der Waals surface area contributed by atoms with E-state index < -0.39 is 5.91 Å². The number of halogens is 2. The predicted molar refractivity (Wildman–Crippen MR) is 87.7 cm³/mol. The average molecular weight is 375 g/mol. The number of ether oxygens (including phenoxy) is 1. The Balaban J connectivity index is 2.14. The van der Waals surface area contributed by atoms with Crippen LogP contribution in [-0.4, -0.2) is 5.91 Å². The van der Waals surface area contributed by atoms with Gasteiger partial charge in [-0.05, 0) is 57.4 Å². The van der Waals surface area contributed by atoms with Gasteiger partial charge in [0.15, 0.2) is 0 Å². The first-order chi connectivity index (χ1) is 11.0. The second-order valence-electron chi connectivity index (χ2n) is 4.64. The van der Waals surface area contributed by atoms with Gasteiger partial charge in [0.2, 0.25) is 0 Å². The van der Waals surface area contributed by atoms with Gasteiger partial charge in [-0.15, -0.1) is 0 Å². The number of primary amides is 1. The molecule has 0 heterocycles. The molecule has 0 saturated carbocycles. The molecule has 0 bridgehead atoms. The molecule has 0 atom stereocenters. The number of hydrogen-bond donors (Lipinski definition) is 1. The minimum Gasteiger partial charge on any atom is -0.488 e. The summed E-state index contributed by atoms with van der Waals surface area (Å²) in [5, 5.41) is 8.83. The van der Waals surface area contributed by atoms with Gasteiger partial charge < -0.3 is 10.5 Å². The van der Waals surface area contributed by atoms with Crippen molar-refractivity contribution in [2.45, 2.75) is 6.61 Å². The number of rotatable bonds is 5. The van der Waals surface area contributed by atoms with Crippen LogP contribution in [0, 0.1) is 17.1 Å². The normalized spacial score (nSPS) is 10.9. The van der Waals surface area contributed by atoms with Crippen molar-refractivity contribution in [2.24, 2.45) is 5.73 Å². The topological polar surface area (TPSA) is 76.1 Å². The summed E-state index contributed by atoms with van der Waals surface area (Å²) in [5.74, 6) is -0.541. The second kappa shape index (κ2) is 7.56. The fraction of sp³-hybridized carbons (Fsp3) is 0.0588. The van der Waals surface area contributed by atoms with Crippen molar-refractivity contribution >= 4 is 27.9 Å². The molecule has 2 rings (SSSR count). The number of carbonyl (C=O) groups excluding carboxylic acids is 1. The molecule has 23 heavy (non-hydrogen) atoms. The zero-order valence-electron chi connectivity index (χ0n) is 11.9. The highest BCUT2D eigenvalue weighted by Crippen LogP contribution is 2.27. The Bertz CT molecular complexity index is 812. The van der Waals surface area contributed by atoms with Crippen LogP contribution in [0.25, 0.3) is 6.08 Å². The van der Waals surface area contributed by atoms with E-state index in [1.54, 1.807) is 36.4 Å².